The summed E-state index contributed by atoms with van der Waals surface area (Å²) in [5.41, 5.74) is 0. The zero-order valence-corrected chi connectivity index (χ0v) is 14.1. The molecule has 1 saturated heterocycles. The summed E-state index contributed by atoms with van der Waals surface area (Å²) in [6.07, 6.45) is 6.04. The Balaban J connectivity index is 1.68. The van der Waals surface area contributed by atoms with Gasteiger partial charge in [-0.3, -0.25) is 4.79 Å². The van der Waals surface area contributed by atoms with Crippen molar-refractivity contribution in [1.29, 1.82) is 0 Å². The lowest BCUT2D eigenvalue weighted by molar-refractivity contribution is -0.121. The highest BCUT2D eigenvalue weighted by molar-refractivity contribution is 5.75. The molecule has 8 nitrogen and oxygen atoms in total. The Hall–Kier alpha value is -2.64. The van der Waals surface area contributed by atoms with E-state index in [2.05, 4.69) is 25.2 Å². The van der Waals surface area contributed by atoms with Crippen molar-refractivity contribution in [2.75, 3.05) is 37.0 Å². The molecule has 24 heavy (non-hydrogen) atoms. The van der Waals surface area contributed by atoms with Gasteiger partial charge in [0.2, 0.25) is 17.8 Å². The van der Waals surface area contributed by atoms with Crippen molar-refractivity contribution >= 4 is 17.8 Å². The second-order valence-electron chi connectivity index (χ2n) is 6.07. The number of rotatable bonds is 6. The fourth-order valence-electron chi connectivity index (χ4n) is 2.61. The summed E-state index contributed by atoms with van der Waals surface area (Å²) in [4.78, 5) is 29.5. The third-order valence-corrected chi connectivity index (χ3v) is 3.88. The normalized spacial score (nSPS) is 14.0. The average molecular weight is 329 g/mol. The van der Waals surface area contributed by atoms with Crippen molar-refractivity contribution in [3.05, 3.63) is 30.4 Å². The first kappa shape index (κ1) is 16.2. The lowest BCUT2D eigenvalue weighted by Gasteiger charge is -2.19. The van der Waals surface area contributed by atoms with Crippen LogP contribution < -0.4 is 15.1 Å². The number of hydrogen-bond acceptors (Lipinski definition) is 6. The molecule has 2 aromatic heterocycles. The molecular formula is C16H23N7O. The van der Waals surface area contributed by atoms with Crippen LogP contribution in [0, 0.1) is 0 Å². The van der Waals surface area contributed by atoms with Crippen LogP contribution >= 0.6 is 0 Å². The molecule has 0 saturated carbocycles. The molecule has 2 aromatic rings. The first-order chi connectivity index (χ1) is 11.6. The Kier molecular flexibility index (Phi) is 4.93. The maximum Gasteiger partial charge on any atom is 0.240 e. The fraction of sp³-hybridized carbons (Fsp3) is 0.500. The Morgan fingerprint density at radius 1 is 1.17 bits per heavy atom. The van der Waals surface area contributed by atoms with E-state index in [4.69, 9.17) is 0 Å². The van der Waals surface area contributed by atoms with E-state index in [0.717, 1.165) is 25.9 Å². The quantitative estimate of drug-likeness (QED) is 0.838. The van der Waals surface area contributed by atoms with E-state index in [9.17, 15) is 4.79 Å². The molecule has 1 amide bonds. The molecule has 1 fully saturated rings. The van der Waals surface area contributed by atoms with Gasteiger partial charge >= 0.3 is 0 Å². The molecule has 0 unspecified atom stereocenters. The molecule has 0 aliphatic carbocycles. The molecule has 1 N–H and O–H groups in total. The Morgan fingerprint density at radius 2 is 1.88 bits per heavy atom. The predicted octanol–water partition coefficient (Wildman–Crippen LogP) is 0.656. The predicted molar refractivity (Wildman–Crippen MR) is 91.9 cm³/mol. The second kappa shape index (κ2) is 7.29. The number of nitrogens with zero attached hydrogens (tertiary/aromatic N) is 6. The minimum absolute atomic E-state index is 0.0688. The number of hydrogen-bond donors (Lipinski definition) is 1. The number of amides is 1. The standard InChI is InChI=1S/C16H23N7O/c1-21(2)15-18-13(19-16(20-15)23-9-5-6-10-23)11-17-14(24)12-22-7-3-4-8-22/h3-4,7-8H,5-6,9-12H2,1-2H3,(H,17,24). The van der Waals surface area contributed by atoms with E-state index < -0.39 is 0 Å². The first-order valence-electron chi connectivity index (χ1n) is 8.16. The molecular weight excluding hydrogens is 306 g/mol. The summed E-state index contributed by atoms with van der Waals surface area (Å²) in [5, 5.41) is 2.87. The molecule has 3 heterocycles. The van der Waals surface area contributed by atoms with E-state index in [0.29, 0.717) is 24.3 Å². The van der Waals surface area contributed by atoms with E-state index in [1.165, 1.54) is 0 Å². The van der Waals surface area contributed by atoms with Crippen LogP contribution in [0.2, 0.25) is 0 Å². The van der Waals surface area contributed by atoms with Gasteiger partial charge in [0.05, 0.1) is 6.54 Å². The van der Waals surface area contributed by atoms with Crippen LogP contribution in [-0.4, -0.2) is 52.6 Å². The van der Waals surface area contributed by atoms with Crippen molar-refractivity contribution in [2.24, 2.45) is 0 Å². The molecule has 3 rings (SSSR count). The van der Waals surface area contributed by atoms with Gasteiger partial charge in [-0.05, 0) is 25.0 Å². The molecule has 0 bridgehead atoms. The van der Waals surface area contributed by atoms with Gasteiger partial charge < -0.3 is 19.7 Å². The summed E-state index contributed by atoms with van der Waals surface area (Å²) in [7, 11) is 3.80. The van der Waals surface area contributed by atoms with Crippen LogP contribution in [-0.2, 0) is 17.9 Å². The van der Waals surface area contributed by atoms with Gasteiger partial charge in [0.15, 0.2) is 5.82 Å². The molecule has 128 valence electrons. The fourth-order valence-corrected chi connectivity index (χ4v) is 2.61. The minimum atomic E-state index is -0.0688. The maximum atomic E-state index is 12.0. The SMILES string of the molecule is CN(C)c1nc(CNC(=O)Cn2cccc2)nc(N2CCCC2)n1. The summed E-state index contributed by atoms with van der Waals surface area (Å²) >= 11 is 0. The van der Waals surface area contributed by atoms with E-state index >= 15 is 0 Å². The van der Waals surface area contributed by atoms with E-state index in [-0.39, 0.29) is 12.5 Å². The largest absolute Gasteiger partial charge is 0.347 e. The Bertz CT molecular complexity index is 678. The van der Waals surface area contributed by atoms with Crippen LogP contribution in [0.5, 0.6) is 0 Å². The Labute approximate surface area is 141 Å². The highest BCUT2D eigenvalue weighted by Crippen LogP contribution is 2.17. The molecule has 0 aromatic carbocycles. The molecule has 0 atom stereocenters. The topological polar surface area (TPSA) is 79.2 Å². The zero-order chi connectivity index (χ0) is 16.9. The third kappa shape index (κ3) is 4.01. The smallest absolute Gasteiger partial charge is 0.240 e. The average Bonchev–Trinajstić information content (AvgIpc) is 3.26. The van der Waals surface area contributed by atoms with Crippen LogP contribution in [0.25, 0.3) is 0 Å². The van der Waals surface area contributed by atoms with Gasteiger partial charge in [0.25, 0.3) is 0 Å². The lowest BCUT2D eigenvalue weighted by atomic mass is 10.4. The van der Waals surface area contributed by atoms with Crippen molar-refractivity contribution in [3.63, 3.8) is 0 Å². The summed E-state index contributed by atoms with van der Waals surface area (Å²) in [6.45, 7) is 2.52. The van der Waals surface area contributed by atoms with Crippen molar-refractivity contribution in [3.8, 4) is 0 Å². The number of carbonyl (C=O) groups excluding carboxylic acids is 1. The third-order valence-electron chi connectivity index (χ3n) is 3.88. The number of nitrogens with one attached hydrogen (secondary N) is 1. The monoisotopic (exact) mass is 329 g/mol. The highest BCUT2D eigenvalue weighted by atomic mass is 16.1. The number of aromatic nitrogens is 4. The minimum Gasteiger partial charge on any atom is -0.347 e. The van der Waals surface area contributed by atoms with Crippen LogP contribution in [0.15, 0.2) is 24.5 Å². The summed E-state index contributed by atoms with van der Waals surface area (Å²) < 4.78 is 1.82. The van der Waals surface area contributed by atoms with Gasteiger partial charge in [-0.2, -0.15) is 15.0 Å². The van der Waals surface area contributed by atoms with Gasteiger partial charge in [-0.1, -0.05) is 0 Å². The van der Waals surface area contributed by atoms with Crippen LogP contribution in [0.3, 0.4) is 0 Å². The molecule has 0 spiro atoms. The van der Waals surface area contributed by atoms with Crippen molar-refractivity contribution in [1.82, 2.24) is 24.8 Å². The maximum absolute atomic E-state index is 12.0. The van der Waals surface area contributed by atoms with E-state index in [1.807, 2.05) is 48.1 Å². The van der Waals surface area contributed by atoms with E-state index in [1.54, 1.807) is 0 Å². The molecule has 1 aliphatic heterocycles. The van der Waals surface area contributed by atoms with Gasteiger partial charge in [0.1, 0.15) is 6.54 Å². The molecule has 1 aliphatic rings. The van der Waals surface area contributed by atoms with Crippen molar-refractivity contribution < 1.29 is 4.79 Å². The second-order valence-corrected chi connectivity index (χ2v) is 6.07. The summed E-state index contributed by atoms with van der Waals surface area (Å²) in [6, 6.07) is 3.79. The van der Waals surface area contributed by atoms with Crippen LogP contribution in [0.1, 0.15) is 18.7 Å². The summed E-state index contributed by atoms with van der Waals surface area (Å²) in [5.74, 6) is 1.82. The molecule has 0 radical (unpaired) electrons. The van der Waals surface area contributed by atoms with Gasteiger partial charge in [0, 0.05) is 39.6 Å². The van der Waals surface area contributed by atoms with Gasteiger partial charge in [-0.25, -0.2) is 0 Å². The number of anilines is 2. The lowest BCUT2D eigenvalue weighted by Crippen LogP contribution is -2.29. The Morgan fingerprint density at radius 3 is 2.54 bits per heavy atom. The molecule has 8 heteroatoms. The highest BCUT2D eigenvalue weighted by Gasteiger charge is 2.18. The van der Waals surface area contributed by atoms with Crippen molar-refractivity contribution in [2.45, 2.75) is 25.9 Å². The van der Waals surface area contributed by atoms with Crippen LogP contribution in [0.4, 0.5) is 11.9 Å². The zero-order valence-electron chi connectivity index (χ0n) is 14.1. The first-order valence-corrected chi connectivity index (χ1v) is 8.16. The van der Waals surface area contributed by atoms with Gasteiger partial charge in [-0.15, -0.1) is 0 Å². The number of carbonyl (C=O) groups is 1.